The Morgan fingerprint density at radius 2 is 1.54 bits per heavy atom. The molecule has 0 aliphatic heterocycles. The van der Waals surface area contributed by atoms with Gasteiger partial charge in [0.15, 0.2) is 6.20 Å². The maximum Gasteiger partial charge on any atom is 0.219 e. The van der Waals surface area contributed by atoms with Gasteiger partial charge in [-0.25, -0.2) is 8.96 Å². The molecule has 0 saturated heterocycles. The van der Waals surface area contributed by atoms with E-state index in [2.05, 4.69) is 68.4 Å². The second-order valence-electron chi connectivity index (χ2n) is 11.0. The zero-order valence-electron chi connectivity index (χ0n) is 22.3. The fraction of sp³-hybridized carbons (Fsp3) is 0.143. The van der Waals surface area contributed by atoms with Crippen molar-refractivity contribution in [1.29, 1.82) is 5.26 Å². The number of benzene rings is 4. The fourth-order valence-corrected chi connectivity index (χ4v) is 6.35. The molecule has 0 fully saturated rings. The van der Waals surface area contributed by atoms with Gasteiger partial charge in [0.2, 0.25) is 5.69 Å². The number of pyridine rings is 1. The number of nitrogens with zero attached hydrogens (tertiary/aromatic N) is 2. The molecule has 0 unspecified atom stereocenters. The molecule has 188 valence electrons. The first-order valence-electron chi connectivity index (χ1n) is 13.1. The Balaban J connectivity index is 1.53. The number of furan rings is 1. The van der Waals surface area contributed by atoms with E-state index in [0.717, 1.165) is 38.7 Å². The van der Waals surface area contributed by atoms with E-state index in [1.54, 1.807) is 6.20 Å². The highest BCUT2D eigenvalue weighted by atomic mass is 19.1. The molecule has 4 heteroatoms. The smallest absolute Gasteiger partial charge is 0.219 e. The average Bonchev–Trinajstić information content (AvgIpc) is 3.42. The Morgan fingerprint density at radius 3 is 2.33 bits per heavy atom. The molecule has 2 heterocycles. The summed E-state index contributed by atoms with van der Waals surface area (Å²) in [5.41, 5.74) is 11.1. The van der Waals surface area contributed by atoms with E-state index in [-0.39, 0.29) is 11.2 Å². The van der Waals surface area contributed by atoms with Crippen LogP contribution in [0.5, 0.6) is 0 Å². The highest BCUT2D eigenvalue weighted by Gasteiger charge is 2.35. The van der Waals surface area contributed by atoms with Crippen molar-refractivity contribution in [3.63, 3.8) is 0 Å². The SMILES string of the molecule is Cc1ccc2c(oc3c(-c4ccc5c(c4)C(C)(C)c4ccccc4-5)c(C#N)ccc32)c1-c1cc(F)cc[n+]1C. The topological polar surface area (TPSA) is 40.8 Å². The number of fused-ring (bicyclic) bond motifs is 6. The molecule has 0 amide bonds. The Morgan fingerprint density at radius 1 is 0.821 bits per heavy atom. The minimum absolute atomic E-state index is 0.160. The standard InChI is InChI=1S/C35H26FN2O/c1-20-9-12-26-27-14-11-22(19-37)32(34(27)39-33(26)31(20)30-18-23(36)15-16-38(30)4)21-10-13-25-24-7-5-6-8-28(24)35(2,3)29(25)17-21/h5-18H,1-4H3/q+1. The van der Waals surface area contributed by atoms with Gasteiger partial charge in [0, 0.05) is 33.9 Å². The van der Waals surface area contributed by atoms with E-state index in [1.165, 1.54) is 34.4 Å². The lowest BCUT2D eigenvalue weighted by molar-refractivity contribution is -0.660. The predicted molar refractivity (Wildman–Crippen MR) is 153 cm³/mol. The van der Waals surface area contributed by atoms with Gasteiger partial charge in [-0.05, 0) is 58.5 Å². The summed E-state index contributed by atoms with van der Waals surface area (Å²) in [6, 6.07) is 28.4. The molecule has 4 aromatic carbocycles. The third-order valence-corrected chi connectivity index (χ3v) is 8.38. The summed E-state index contributed by atoms with van der Waals surface area (Å²) in [4.78, 5) is 0. The molecule has 39 heavy (non-hydrogen) atoms. The molecule has 1 aliphatic carbocycles. The summed E-state index contributed by atoms with van der Waals surface area (Å²) in [6.45, 7) is 6.51. The maximum absolute atomic E-state index is 14.3. The summed E-state index contributed by atoms with van der Waals surface area (Å²) < 4.78 is 22.9. The Bertz CT molecular complexity index is 2040. The first-order valence-corrected chi connectivity index (χ1v) is 13.1. The van der Waals surface area contributed by atoms with Gasteiger partial charge in [-0.2, -0.15) is 5.26 Å². The third-order valence-electron chi connectivity index (χ3n) is 8.38. The monoisotopic (exact) mass is 509 g/mol. The second-order valence-corrected chi connectivity index (χ2v) is 11.0. The van der Waals surface area contributed by atoms with E-state index in [0.29, 0.717) is 16.7 Å². The molecule has 0 spiro atoms. The first kappa shape index (κ1) is 23.4. The number of aryl methyl sites for hydroxylation is 2. The van der Waals surface area contributed by atoms with Crippen molar-refractivity contribution in [2.75, 3.05) is 0 Å². The van der Waals surface area contributed by atoms with Crippen LogP contribution in [0.15, 0.2) is 89.5 Å². The fourth-order valence-electron chi connectivity index (χ4n) is 6.35. The molecular formula is C35H26FN2O+. The van der Waals surface area contributed by atoms with Gasteiger partial charge in [0.25, 0.3) is 0 Å². The van der Waals surface area contributed by atoms with E-state index in [9.17, 15) is 9.65 Å². The van der Waals surface area contributed by atoms with Gasteiger partial charge >= 0.3 is 0 Å². The molecular weight excluding hydrogens is 483 g/mol. The normalized spacial score (nSPS) is 13.4. The zero-order chi connectivity index (χ0) is 27.1. The van der Waals surface area contributed by atoms with Crippen molar-refractivity contribution in [2.45, 2.75) is 26.2 Å². The largest absolute Gasteiger partial charge is 0.454 e. The Hall–Kier alpha value is -4.75. The van der Waals surface area contributed by atoms with Crippen LogP contribution in [-0.4, -0.2) is 0 Å². The molecule has 1 aliphatic rings. The number of halogens is 1. The molecule has 2 aromatic heterocycles. The first-order chi connectivity index (χ1) is 18.8. The molecule has 0 bridgehead atoms. The van der Waals surface area contributed by atoms with Gasteiger partial charge in [0.1, 0.15) is 24.0 Å². The van der Waals surface area contributed by atoms with Gasteiger partial charge in [-0.1, -0.05) is 62.4 Å². The predicted octanol–water partition coefficient (Wildman–Crippen LogP) is 8.37. The van der Waals surface area contributed by atoms with Gasteiger partial charge in [-0.3, -0.25) is 0 Å². The average molecular weight is 510 g/mol. The van der Waals surface area contributed by atoms with Crippen LogP contribution in [-0.2, 0) is 12.5 Å². The number of rotatable bonds is 2. The summed E-state index contributed by atoms with van der Waals surface area (Å²) in [7, 11) is 1.90. The summed E-state index contributed by atoms with van der Waals surface area (Å²) in [6.07, 6.45) is 1.72. The van der Waals surface area contributed by atoms with Gasteiger partial charge in [0.05, 0.1) is 17.2 Å². The number of aromatic nitrogens is 1. The zero-order valence-corrected chi connectivity index (χ0v) is 22.3. The minimum atomic E-state index is -0.301. The molecule has 3 nitrogen and oxygen atoms in total. The van der Waals surface area contributed by atoms with E-state index in [4.69, 9.17) is 4.42 Å². The van der Waals surface area contributed by atoms with Gasteiger partial charge in [-0.15, -0.1) is 0 Å². The van der Waals surface area contributed by atoms with Crippen molar-refractivity contribution in [3.8, 4) is 39.6 Å². The van der Waals surface area contributed by atoms with Crippen LogP contribution >= 0.6 is 0 Å². The van der Waals surface area contributed by atoms with Crippen LogP contribution in [0.4, 0.5) is 4.39 Å². The Labute approximate surface area is 226 Å². The maximum atomic E-state index is 14.3. The number of nitriles is 1. The Kier molecular flexibility index (Phi) is 4.87. The van der Waals surface area contributed by atoms with Crippen LogP contribution in [0.2, 0.25) is 0 Å². The van der Waals surface area contributed by atoms with Gasteiger partial charge < -0.3 is 4.42 Å². The van der Waals surface area contributed by atoms with E-state index in [1.807, 2.05) is 36.7 Å². The molecule has 0 atom stereocenters. The van der Waals surface area contributed by atoms with Crippen LogP contribution in [0.1, 0.15) is 36.1 Å². The molecule has 6 aromatic rings. The summed E-state index contributed by atoms with van der Waals surface area (Å²) in [5, 5.41) is 12.0. The lowest BCUT2D eigenvalue weighted by atomic mass is 9.81. The van der Waals surface area contributed by atoms with Crippen molar-refractivity contribution in [2.24, 2.45) is 7.05 Å². The van der Waals surface area contributed by atoms with Crippen molar-refractivity contribution in [3.05, 3.63) is 113 Å². The molecule has 0 radical (unpaired) electrons. The van der Waals surface area contributed by atoms with Crippen LogP contribution < -0.4 is 4.57 Å². The van der Waals surface area contributed by atoms with Crippen LogP contribution in [0, 0.1) is 24.1 Å². The third kappa shape index (κ3) is 3.23. The highest BCUT2D eigenvalue weighted by molar-refractivity contribution is 6.14. The number of hydrogen-bond donors (Lipinski definition) is 0. The molecule has 7 rings (SSSR count). The van der Waals surface area contributed by atoms with Crippen molar-refractivity contribution in [1.82, 2.24) is 0 Å². The van der Waals surface area contributed by atoms with E-state index >= 15 is 0 Å². The minimum Gasteiger partial charge on any atom is -0.454 e. The quantitative estimate of drug-likeness (QED) is 0.220. The summed E-state index contributed by atoms with van der Waals surface area (Å²) >= 11 is 0. The molecule has 0 saturated carbocycles. The summed E-state index contributed by atoms with van der Waals surface area (Å²) in [5.74, 6) is -0.301. The van der Waals surface area contributed by atoms with Crippen molar-refractivity contribution >= 4 is 21.9 Å². The van der Waals surface area contributed by atoms with Crippen molar-refractivity contribution < 1.29 is 13.4 Å². The molecule has 0 N–H and O–H groups in total. The van der Waals surface area contributed by atoms with E-state index < -0.39 is 0 Å². The lowest BCUT2D eigenvalue weighted by Gasteiger charge is -2.22. The van der Waals surface area contributed by atoms with Crippen LogP contribution in [0.3, 0.4) is 0 Å². The highest BCUT2D eigenvalue weighted by Crippen LogP contribution is 2.50. The number of hydrogen-bond acceptors (Lipinski definition) is 2. The lowest BCUT2D eigenvalue weighted by Crippen LogP contribution is -2.30. The second kappa shape index (κ2) is 8.12. The van der Waals surface area contributed by atoms with Crippen LogP contribution in [0.25, 0.3) is 55.4 Å².